The molecule has 0 fully saturated rings. The van der Waals surface area contributed by atoms with Gasteiger partial charge in [0.1, 0.15) is 10.4 Å². The van der Waals surface area contributed by atoms with Crippen molar-refractivity contribution in [1.82, 2.24) is 9.55 Å². The first-order chi connectivity index (χ1) is 4.93. The van der Waals surface area contributed by atoms with E-state index in [1.165, 1.54) is 0 Å². The van der Waals surface area contributed by atoms with Crippen molar-refractivity contribution >= 4 is 15.9 Å². The zero-order valence-electron chi connectivity index (χ0n) is 7.35. The Morgan fingerprint density at radius 2 is 2.00 bits per heavy atom. The Labute approximate surface area is 75.8 Å². The minimum absolute atomic E-state index is 0.126. The van der Waals surface area contributed by atoms with Crippen LogP contribution in [-0.2, 0) is 12.5 Å². The molecule has 0 radical (unpaired) electrons. The Bertz CT molecular complexity index is 258. The van der Waals surface area contributed by atoms with E-state index in [4.69, 9.17) is 0 Å². The monoisotopic (exact) mass is 216 g/mol. The summed E-state index contributed by atoms with van der Waals surface area (Å²) in [5.74, 6) is 1.10. The van der Waals surface area contributed by atoms with E-state index in [1.807, 2.05) is 13.2 Å². The van der Waals surface area contributed by atoms with Gasteiger partial charge in [0, 0.05) is 12.5 Å². The predicted octanol–water partition coefficient (Wildman–Crippen LogP) is 2.48. The topological polar surface area (TPSA) is 17.8 Å². The van der Waals surface area contributed by atoms with E-state index in [2.05, 4.69) is 46.3 Å². The fourth-order valence-electron chi connectivity index (χ4n) is 1.09. The molecule has 1 rings (SSSR count). The van der Waals surface area contributed by atoms with Crippen molar-refractivity contribution in [2.24, 2.45) is 7.05 Å². The van der Waals surface area contributed by atoms with Gasteiger partial charge in [0.05, 0.1) is 6.20 Å². The first kappa shape index (κ1) is 8.78. The Hall–Kier alpha value is -0.310. The van der Waals surface area contributed by atoms with Gasteiger partial charge in [-0.25, -0.2) is 4.98 Å². The Morgan fingerprint density at radius 3 is 2.18 bits per heavy atom. The molecular formula is C8H13BrN2. The average Bonchev–Trinajstić information content (AvgIpc) is 2.11. The van der Waals surface area contributed by atoms with Gasteiger partial charge >= 0.3 is 0 Å². The lowest BCUT2D eigenvalue weighted by Gasteiger charge is -2.17. The summed E-state index contributed by atoms with van der Waals surface area (Å²) < 4.78 is 3.09. The molecule has 0 spiro atoms. The van der Waals surface area contributed by atoms with Crippen molar-refractivity contribution in [1.29, 1.82) is 0 Å². The SMILES string of the molecule is Cn1c(Br)cnc1C(C)(C)C. The lowest BCUT2D eigenvalue weighted by molar-refractivity contribution is 0.520. The molecule has 0 aliphatic rings. The number of hydrogen-bond donors (Lipinski definition) is 0. The quantitative estimate of drug-likeness (QED) is 0.652. The van der Waals surface area contributed by atoms with Gasteiger partial charge in [-0.2, -0.15) is 0 Å². The average molecular weight is 217 g/mol. The summed E-state index contributed by atoms with van der Waals surface area (Å²) in [5, 5.41) is 0. The van der Waals surface area contributed by atoms with Crippen LogP contribution in [0, 0.1) is 0 Å². The van der Waals surface area contributed by atoms with Crippen molar-refractivity contribution in [3.63, 3.8) is 0 Å². The number of hydrogen-bond acceptors (Lipinski definition) is 1. The Kier molecular flexibility index (Phi) is 2.10. The Balaban J connectivity index is 3.15. The van der Waals surface area contributed by atoms with Crippen LogP contribution >= 0.6 is 15.9 Å². The van der Waals surface area contributed by atoms with E-state index in [9.17, 15) is 0 Å². The fourth-order valence-corrected chi connectivity index (χ4v) is 1.36. The van der Waals surface area contributed by atoms with Crippen LogP contribution in [0.2, 0.25) is 0 Å². The second-order valence-corrected chi connectivity index (χ2v) is 4.53. The van der Waals surface area contributed by atoms with Crippen molar-refractivity contribution in [2.45, 2.75) is 26.2 Å². The first-order valence-electron chi connectivity index (χ1n) is 3.60. The van der Waals surface area contributed by atoms with Crippen LogP contribution in [0.5, 0.6) is 0 Å². The van der Waals surface area contributed by atoms with Gasteiger partial charge in [-0.3, -0.25) is 0 Å². The molecule has 0 unspecified atom stereocenters. The second kappa shape index (κ2) is 2.63. The van der Waals surface area contributed by atoms with Crippen molar-refractivity contribution in [3.05, 3.63) is 16.6 Å². The highest BCUT2D eigenvalue weighted by molar-refractivity contribution is 9.10. The van der Waals surface area contributed by atoms with Crippen LogP contribution in [0.3, 0.4) is 0 Å². The van der Waals surface area contributed by atoms with Crippen molar-refractivity contribution in [2.75, 3.05) is 0 Å². The summed E-state index contributed by atoms with van der Waals surface area (Å²) >= 11 is 3.41. The molecule has 0 saturated heterocycles. The molecule has 11 heavy (non-hydrogen) atoms. The van der Waals surface area contributed by atoms with Crippen LogP contribution in [-0.4, -0.2) is 9.55 Å². The molecule has 0 aliphatic heterocycles. The predicted molar refractivity (Wildman–Crippen MR) is 49.6 cm³/mol. The van der Waals surface area contributed by atoms with Gasteiger partial charge < -0.3 is 4.57 Å². The summed E-state index contributed by atoms with van der Waals surface area (Å²) in [6.07, 6.45) is 1.83. The Morgan fingerprint density at radius 1 is 1.45 bits per heavy atom. The summed E-state index contributed by atoms with van der Waals surface area (Å²) in [7, 11) is 2.01. The third-order valence-electron chi connectivity index (χ3n) is 1.60. The molecule has 3 heteroatoms. The molecule has 0 atom stereocenters. The number of nitrogens with zero attached hydrogens (tertiary/aromatic N) is 2. The zero-order chi connectivity index (χ0) is 8.65. The van der Waals surface area contributed by atoms with E-state index in [1.54, 1.807) is 0 Å². The van der Waals surface area contributed by atoms with E-state index < -0.39 is 0 Å². The van der Waals surface area contributed by atoms with Gasteiger partial charge in [-0.15, -0.1) is 0 Å². The third-order valence-corrected chi connectivity index (χ3v) is 2.34. The maximum atomic E-state index is 4.30. The lowest BCUT2D eigenvalue weighted by atomic mass is 9.96. The highest BCUT2D eigenvalue weighted by Crippen LogP contribution is 2.22. The molecule has 1 heterocycles. The minimum atomic E-state index is 0.126. The van der Waals surface area contributed by atoms with E-state index in [0.717, 1.165) is 10.4 Å². The summed E-state index contributed by atoms with van der Waals surface area (Å²) in [6, 6.07) is 0. The van der Waals surface area contributed by atoms with Crippen molar-refractivity contribution in [3.8, 4) is 0 Å². The van der Waals surface area contributed by atoms with Crippen LogP contribution in [0.25, 0.3) is 0 Å². The molecule has 0 N–H and O–H groups in total. The smallest absolute Gasteiger partial charge is 0.114 e. The summed E-state index contributed by atoms with van der Waals surface area (Å²) in [5.41, 5.74) is 0.126. The van der Waals surface area contributed by atoms with Gasteiger partial charge in [0.15, 0.2) is 0 Å². The van der Waals surface area contributed by atoms with Gasteiger partial charge in [0.2, 0.25) is 0 Å². The van der Waals surface area contributed by atoms with E-state index in [0.29, 0.717) is 0 Å². The lowest BCUT2D eigenvalue weighted by Crippen LogP contribution is -2.17. The molecule has 62 valence electrons. The third kappa shape index (κ3) is 1.64. The van der Waals surface area contributed by atoms with Gasteiger partial charge in [-0.05, 0) is 15.9 Å². The molecule has 0 bridgehead atoms. The highest BCUT2D eigenvalue weighted by Gasteiger charge is 2.19. The summed E-state index contributed by atoms with van der Waals surface area (Å²) in [6.45, 7) is 6.46. The molecule has 0 amide bonds. The number of halogens is 1. The van der Waals surface area contributed by atoms with Crippen LogP contribution in [0.4, 0.5) is 0 Å². The van der Waals surface area contributed by atoms with E-state index in [-0.39, 0.29) is 5.41 Å². The molecule has 2 nitrogen and oxygen atoms in total. The maximum absolute atomic E-state index is 4.30. The van der Waals surface area contributed by atoms with Crippen molar-refractivity contribution < 1.29 is 0 Å². The zero-order valence-corrected chi connectivity index (χ0v) is 8.94. The largest absolute Gasteiger partial charge is 0.325 e. The number of rotatable bonds is 0. The van der Waals surface area contributed by atoms with Gasteiger partial charge in [-0.1, -0.05) is 20.8 Å². The standard InChI is InChI=1S/C8H13BrN2/c1-8(2,3)7-10-5-6(9)11(7)4/h5H,1-4H3. The van der Waals surface area contributed by atoms with Crippen LogP contribution < -0.4 is 0 Å². The highest BCUT2D eigenvalue weighted by atomic mass is 79.9. The van der Waals surface area contributed by atoms with Crippen LogP contribution in [0.15, 0.2) is 10.8 Å². The normalized spacial score (nSPS) is 12.1. The summed E-state index contributed by atoms with van der Waals surface area (Å²) in [4.78, 5) is 4.30. The molecule has 0 aliphatic carbocycles. The molecule has 0 aromatic carbocycles. The van der Waals surface area contributed by atoms with Gasteiger partial charge in [0.25, 0.3) is 0 Å². The maximum Gasteiger partial charge on any atom is 0.114 e. The molecule has 0 saturated carbocycles. The number of aromatic nitrogens is 2. The van der Waals surface area contributed by atoms with E-state index >= 15 is 0 Å². The molecule has 1 aromatic rings. The first-order valence-corrected chi connectivity index (χ1v) is 4.40. The molecular weight excluding hydrogens is 204 g/mol. The minimum Gasteiger partial charge on any atom is -0.325 e. The molecule has 1 aromatic heterocycles. The van der Waals surface area contributed by atoms with Crippen LogP contribution in [0.1, 0.15) is 26.6 Å². The second-order valence-electron chi connectivity index (χ2n) is 3.71. The number of imidazole rings is 1. The fraction of sp³-hybridized carbons (Fsp3) is 0.625.